The van der Waals surface area contributed by atoms with Crippen LogP contribution in [0.2, 0.25) is 0 Å². The molecule has 1 aliphatic rings. The molecule has 0 saturated heterocycles. The Balaban J connectivity index is 1.83. The zero-order valence-corrected chi connectivity index (χ0v) is 13.0. The molecule has 5 heteroatoms. The molecule has 1 aromatic carbocycles. The smallest absolute Gasteiger partial charge is 0.343 e. The minimum Gasteiger partial charge on any atom is -0.482 e. The van der Waals surface area contributed by atoms with E-state index in [0.29, 0.717) is 17.4 Å². The van der Waals surface area contributed by atoms with Crippen molar-refractivity contribution in [3.8, 4) is 11.5 Å². The number of benzene rings is 1. The molecule has 1 aliphatic carbocycles. The van der Waals surface area contributed by atoms with E-state index < -0.39 is 5.97 Å². The van der Waals surface area contributed by atoms with Crippen molar-refractivity contribution < 1.29 is 23.8 Å². The highest BCUT2D eigenvalue weighted by Gasteiger charge is 2.25. The van der Waals surface area contributed by atoms with E-state index in [1.54, 1.807) is 24.3 Å². The van der Waals surface area contributed by atoms with Crippen molar-refractivity contribution in [2.45, 2.75) is 32.6 Å². The molecule has 5 nitrogen and oxygen atoms in total. The van der Waals surface area contributed by atoms with Crippen molar-refractivity contribution in [1.82, 2.24) is 0 Å². The van der Waals surface area contributed by atoms with Crippen LogP contribution in [0.1, 0.15) is 32.6 Å². The molecule has 0 unspecified atom stereocenters. The lowest BCUT2D eigenvalue weighted by Gasteiger charge is -2.24. The van der Waals surface area contributed by atoms with Gasteiger partial charge in [0, 0.05) is 0 Å². The Morgan fingerprint density at radius 2 is 1.64 bits per heavy atom. The molecule has 1 aromatic rings. The molecule has 22 heavy (non-hydrogen) atoms. The van der Waals surface area contributed by atoms with Gasteiger partial charge in [-0.3, -0.25) is 4.79 Å². The summed E-state index contributed by atoms with van der Waals surface area (Å²) in [6.07, 6.45) is 3.97. The zero-order valence-electron chi connectivity index (χ0n) is 13.0. The first-order chi connectivity index (χ1) is 10.6. The van der Waals surface area contributed by atoms with E-state index in [4.69, 9.17) is 9.47 Å². The third-order valence-corrected chi connectivity index (χ3v) is 3.98. The average Bonchev–Trinajstić information content (AvgIpc) is 2.54. The third kappa shape index (κ3) is 4.76. The van der Waals surface area contributed by atoms with Gasteiger partial charge in [-0.15, -0.1) is 0 Å². The molecule has 0 amide bonds. The average molecular weight is 306 g/mol. The molecule has 0 bridgehead atoms. The fourth-order valence-corrected chi connectivity index (χ4v) is 2.50. The van der Waals surface area contributed by atoms with Gasteiger partial charge in [0.2, 0.25) is 0 Å². The van der Waals surface area contributed by atoms with E-state index >= 15 is 0 Å². The highest BCUT2D eigenvalue weighted by Crippen LogP contribution is 2.29. The second-order valence-electron chi connectivity index (χ2n) is 5.71. The molecule has 2 rings (SSSR count). The first-order valence-corrected chi connectivity index (χ1v) is 7.60. The van der Waals surface area contributed by atoms with Gasteiger partial charge in [-0.05, 0) is 55.9 Å². The maximum absolute atomic E-state index is 12.1. The summed E-state index contributed by atoms with van der Waals surface area (Å²) >= 11 is 0. The summed E-state index contributed by atoms with van der Waals surface area (Å²) in [6, 6.07) is 6.65. The monoisotopic (exact) mass is 306 g/mol. The topological polar surface area (TPSA) is 61.8 Å². The lowest BCUT2D eigenvalue weighted by Crippen LogP contribution is -2.24. The number of ether oxygens (including phenoxy) is 3. The van der Waals surface area contributed by atoms with Crippen LogP contribution in [0.4, 0.5) is 0 Å². The molecule has 1 saturated carbocycles. The first kappa shape index (κ1) is 16.3. The third-order valence-electron chi connectivity index (χ3n) is 3.98. The largest absolute Gasteiger partial charge is 0.482 e. The van der Waals surface area contributed by atoms with E-state index in [1.165, 1.54) is 7.11 Å². The van der Waals surface area contributed by atoms with Gasteiger partial charge in [0.25, 0.3) is 0 Å². The van der Waals surface area contributed by atoms with Gasteiger partial charge < -0.3 is 14.2 Å². The van der Waals surface area contributed by atoms with Crippen LogP contribution in [0.15, 0.2) is 24.3 Å². The number of carbonyl (C=O) groups excluding carboxylic acids is 2. The fourth-order valence-electron chi connectivity index (χ4n) is 2.50. The van der Waals surface area contributed by atoms with Gasteiger partial charge in [0.05, 0.1) is 13.0 Å². The van der Waals surface area contributed by atoms with Gasteiger partial charge in [0.15, 0.2) is 6.61 Å². The van der Waals surface area contributed by atoms with Crippen LogP contribution >= 0.6 is 0 Å². The van der Waals surface area contributed by atoms with Gasteiger partial charge in [-0.25, -0.2) is 4.79 Å². The second kappa shape index (κ2) is 7.82. The number of carbonyl (C=O) groups is 2. The summed E-state index contributed by atoms with van der Waals surface area (Å²) in [5.41, 5.74) is 0. The molecule has 0 atom stereocenters. The Morgan fingerprint density at radius 1 is 1.05 bits per heavy atom. The molecular weight excluding hydrogens is 284 g/mol. The Kier molecular flexibility index (Phi) is 5.81. The van der Waals surface area contributed by atoms with Crippen molar-refractivity contribution in [2.24, 2.45) is 11.8 Å². The summed E-state index contributed by atoms with van der Waals surface area (Å²) in [7, 11) is 1.31. The highest BCUT2D eigenvalue weighted by atomic mass is 16.6. The van der Waals surface area contributed by atoms with Crippen LogP contribution in [-0.4, -0.2) is 25.7 Å². The van der Waals surface area contributed by atoms with Crippen molar-refractivity contribution in [3.63, 3.8) is 0 Å². The van der Waals surface area contributed by atoms with E-state index in [2.05, 4.69) is 11.7 Å². The predicted molar refractivity (Wildman–Crippen MR) is 80.7 cm³/mol. The van der Waals surface area contributed by atoms with E-state index in [-0.39, 0.29) is 18.5 Å². The molecule has 0 heterocycles. The van der Waals surface area contributed by atoms with Crippen LogP contribution in [-0.2, 0) is 14.3 Å². The normalized spacial score (nSPS) is 21.0. The quantitative estimate of drug-likeness (QED) is 0.618. The number of rotatable bonds is 5. The zero-order chi connectivity index (χ0) is 15.9. The number of hydrogen-bond donors (Lipinski definition) is 0. The maximum Gasteiger partial charge on any atom is 0.343 e. The molecule has 0 spiro atoms. The maximum atomic E-state index is 12.1. The van der Waals surface area contributed by atoms with E-state index in [1.807, 2.05) is 0 Å². The molecule has 0 aliphatic heterocycles. The molecule has 120 valence electrons. The Labute approximate surface area is 130 Å². The van der Waals surface area contributed by atoms with Crippen LogP contribution in [0.25, 0.3) is 0 Å². The van der Waals surface area contributed by atoms with Gasteiger partial charge in [0.1, 0.15) is 11.5 Å². The second-order valence-corrected chi connectivity index (χ2v) is 5.71. The van der Waals surface area contributed by atoms with Crippen molar-refractivity contribution in [1.29, 1.82) is 0 Å². The van der Waals surface area contributed by atoms with Gasteiger partial charge in [-0.1, -0.05) is 6.92 Å². The Hall–Kier alpha value is -2.04. The number of methoxy groups -OCH3 is 1. The highest BCUT2D eigenvalue weighted by molar-refractivity contribution is 5.75. The molecule has 0 aromatic heterocycles. The van der Waals surface area contributed by atoms with Crippen LogP contribution < -0.4 is 9.47 Å². The molecule has 0 N–H and O–H groups in total. The van der Waals surface area contributed by atoms with E-state index in [0.717, 1.165) is 25.7 Å². The van der Waals surface area contributed by atoms with Crippen molar-refractivity contribution in [3.05, 3.63) is 24.3 Å². The van der Waals surface area contributed by atoms with Crippen LogP contribution in [0.3, 0.4) is 0 Å². The SMILES string of the molecule is COC(=O)COc1ccc(OC(=O)C2CCC(C)CC2)cc1. The fraction of sp³-hybridized carbons (Fsp3) is 0.529. The number of hydrogen-bond acceptors (Lipinski definition) is 5. The summed E-state index contributed by atoms with van der Waals surface area (Å²) in [5, 5.41) is 0. The summed E-state index contributed by atoms with van der Waals surface area (Å²) in [4.78, 5) is 23.1. The Morgan fingerprint density at radius 3 is 2.23 bits per heavy atom. The molecular formula is C17H22O5. The predicted octanol–water partition coefficient (Wildman–Crippen LogP) is 2.97. The number of esters is 2. The van der Waals surface area contributed by atoms with Crippen molar-refractivity contribution in [2.75, 3.05) is 13.7 Å². The van der Waals surface area contributed by atoms with Crippen molar-refractivity contribution >= 4 is 11.9 Å². The standard InChI is InChI=1S/C17H22O5/c1-12-3-5-13(6-4-12)17(19)22-15-9-7-14(8-10-15)21-11-16(18)20-2/h7-10,12-13H,3-6,11H2,1-2H3. The molecule has 0 radical (unpaired) electrons. The summed E-state index contributed by atoms with van der Waals surface area (Å²) in [6.45, 7) is 2.07. The minimum absolute atomic E-state index is 0.00597. The molecule has 1 fully saturated rings. The van der Waals surface area contributed by atoms with Gasteiger partial charge >= 0.3 is 11.9 Å². The van der Waals surface area contributed by atoms with Crippen LogP contribution in [0, 0.1) is 11.8 Å². The first-order valence-electron chi connectivity index (χ1n) is 7.60. The minimum atomic E-state index is -0.443. The Bertz CT molecular complexity index is 500. The summed E-state index contributed by atoms with van der Waals surface area (Å²) in [5.74, 6) is 1.13. The lowest BCUT2D eigenvalue weighted by atomic mass is 9.83. The van der Waals surface area contributed by atoms with E-state index in [9.17, 15) is 9.59 Å². The summed E-state index contributed by atoms with van der Waals surface area (Å²) < 4.78 is 15.1. The lowest BCUT2D eigenvalue weighted by molar-refractivity contribution is -0.143. The van der Waals surface area contributed by atoms with Crippen LogP contribution in [0.5, 0.6) is 11.5 Å². The van der Waals surface area contributed by atoms with Gasteiger partial charge in [-0.2, -0.15) is 0 Å².